The normalized spacial score (nSPS) is 10.2. The zero-order chi connectivity index (χ0) is 16.8. The lowest BCUT2D eigenvalue weighted by Gasteiger charge is -2.17. The smallest absolute Gasteiger partial charge is 0.243 e. The number of carbonyl (C=O) groups excluding carboxylic acids is 2. The largest absolute Gasteiger partial charge is 0.336 e. The summed E-state index contributed by atoms with van der Waals surface area (Å²) in [7, 11) is 1.61. The molecule has 1 heterocycles. The van der Waals surface area contributed by atoms with Gasteiger partial charge in [-0.3, -0.25) is 14.6 Å². The second kappa shape index (κ2) is 7.74. The molecule has 0 bridgehead atoms. The SMILES string of the molecule is Cc1cnccc1CC(=O)N(C)CC(=O)Nc1cccc(Cl)c1. The molecule has 0 aliphatic carbocycles. The molecular formula is C17H18ClN3O2. The van der Waals surface area contributed by atoms with E-state index in [9.17, 15) is 9.59 Å². The van der Waals surface area contributed by atoms with Crippen LogP contribution in [0.3, 0.4) is 0 Å². The summed E-state index contributed by atoms with van der Waals surface area (Å²) in [5, 5.41) is 3.26. The molecule has 5 nitrogen and oxygen atoms in total. The van der Waals surface area contributed by atoms with Crippen LogP contribution in [-0.4, -0.2) is 35.3 Å². The van der Waals surface area contributed by atoms with Crippen molar-refractivity contribution in [3.63, 3.8) is 0 Å². The molecule has 2 amide bonds. The van der Waals surface area contributed by atoms with Crippen LogP contribution < -0.4 is 5.32 Å². The van der Waals surface area contributed by atoms with Crippen molar-refractivity contribution in [3.8, 4) is 0 Å². The van der Waals surface area contributed by atoms with E-state index in [0.717, 1.165) is 11.1 Å². The minimum absolute atomic E-state index is 0.0184. The van der Waals surface area contributed by atoms with Crippen molar-refractivity contribution in [2.45, 2.75) is 13.3 Å². The molecule has 23 heavy (non-hydrogen) atoms. The summed E-state index contributed by atoms with van der Waals surface area (Å²) in [6.07, 6.45) is 3.62. The number of hydrogen-bond donors (Lipinski definition) is 1. The number of aryl methyl sites for hydroxylation is 1. The van der Waals surface area contributed by atoms with Crippen LogP contribution in [-0.2, 0) is 16.0 Å². The van der Waals surface area contributed by atoms with E-state index in [-0.39, 0.29) is 24.8 Å². The Morgan fingerprint density at radius 3 is 2.78 bits per heavy atom. The van der Waals surface area contributed by atoms with E-state index in [1.54, 1.807) is 43.7 Å². The topological polar surface area (TPSA) is 62.3 Å². The molecule has 1 aromatic carbocycles. The minimum atomic E-state index is -0.269. The fourth-order valence-corrected chi connectivity index (χ4v) is 2.26. The van der Waals surface area contributed by atoms with Gasteiger partial charge in [0.1, 0.15) is 0 Å². The molecule has 0 aliphatic heterocycles. The van der Waals surface area contributed by atoms with Crippen molar-refractivity contribution in [1.29, 1.82) is 0 Å². The van der Waals surface area contributed by atoms with Gasteiger partial charge in [0.2, 0.25) is 11.8 Å². The Morgan fingerprint density at radius 1 is 1.30 bits per heavy atom. The fraction of sp³-hybridized carbons (Fsp3) is 0.235. The van der Waals surface area contributed by atoms with Crippen molar-refractivity contribution in [1.82, 2.24) is 9.88 Å². The third-order valence-electron chi connectivity index (χ3n) is 3.39. The van der Waals surface area contributed by atoms with Gasteiger partial charge in [0, 0.05) is 30.2 Å². The van der Waals surface area contributed by atoms with Crippen molar-refractivity contribution >= 4 is 29.1 Å². The predicted octanol–water partition coefficient (Wildman–Crippen LogP) is 2.68. The molecule has 0 fully saturated rings. The molecule has 0 saturated carbocycles. The molecular weight excluding hydrogens is 314 g/mol. The zero-order valence-electron chi connectivity index (χ0n) is 13.0. The number of nitrogens with zero attached hydrogens (tertiary/aromatic N) is 2. The number of halogens is 1. The molecule has 0 saturated heterocycles. The Morgan fingerprint density at radius 2 is 2.09 bits per heavy atom. The van der Waals surface area contributed by atoms with Crippen molar-refractivity contribution in [3.05, 3.63) is 58.9 Å². The number of benzene rings is 1. The quantitative estimate of drug-likeness (QED) is 0.916. The van der Waals surface area contributed by atoms with Crippen molar-refractivity contribution < 1.29 is 9.59 Å². The molecule has 1 N–H and O–H groups in total. The summed E-state index contributed by atoms with van der Waals surface area (Å²) < 4.78 is 0. The van der Waals surface area contributed by atoms with Gasteiger partial charge in [-0.1, -0.05) is 17.7 Å². The van der Waals surface area contributed by atoms with Crippen LogP contribution in [0.4, 0.5) is 5.69 Å². The van der Waals surface area contributed by atoms with Gasteiger partial charge in [0.25, 0.3) is 0 Å². The molecule has 120 valence electrons. The number of carbonyl (C=O) groups is 2. The van der Waals surface area contributed by atoms with E-state index in [1.807, 2.05) is 13.0 Å². The Hall–Kier alpha value is -2.40. The van der Waals surface area contributed by atoms with Crippen LogP contribution in [0.5, 0.6) is 0 Å². The molecule has 0 radical (unpaired) electrons. The Labute approximate surface area is 140 Å². The summed E-state index contributed by atoms with van der Waals surface area (Å²) in [6.45, 7) is 1.89. The van der Waals surface area contributed by atoms with Crippen LogP contribution in [0.1, 0.15) is 11.1 Å². The fourth-order valence-electron chi connectivity index (χ4n) is 2.07. The average Bonchev–Trinajstić information content (AvgIpc) is 2.49. The summed E-state index contributed by atoms with van der Waals surface area (Å²) in [5.74, 6) is -0.393. The highest BCUT2D eigenvalue weighted by molar-refractivity contribution is 6.30. The maximum absolute atomic E-state index is 12.2. The molecule has 0 unspecified atom stereocenters. The molecule has 0 atom stereocenters. The van der Waals surface area contributed by atoms with E-state index < -0.39 is 0 Å². The first-order valence-electron chi connectivity index (χ1n) is 7.14. The highest BCUT2D eigenvalue weighted by Crippen LogP contribution is 2.14. The average molecular weight is 332 g/mol. The maximum atomic E-state index is 12.2. The van der Waals surface area contributed by atoms with E-state index in [2.05, 4.69) is 10.3 Å². The number of pyridine rings is 1. The molecule has 1 aromatic heterocycles. The number of hydrogen-bond acceptors (Lipinski definition) is 3. The third-order valence-corrected chi connectivity index (χ3v) is 3.63. The Balaban J connectivity index is 1.90. The van der Waals surface area contributed by atoms with E-state index >= 15 is 0 Å². The second-order valence-corrected chi connectivity index (χ2v) is 5.72. The van der Waals surface area contributed by atoms with E-state index in [0.29, 0.717) is 10.7 Å². The summed E-state index contributed by atoms with van der Waals surface area (Å²) in [5.41, 5.74) is 2.47. The van der Waals surface area contributed by atoms with Crippen LogP contribution in [0.25, 0.3) is 0 Å². The van der Waals surface area contributed by atoms with Gasteiger partial charge in [-0.05, 0) is 42.3 Å². The van der Waals surface area contributed by atoms with Crippen molar-refractivity contribution in [2.24, 2.45) is 0 Å². The minimum Gasteiger partial charge on any atom is -0.336 e. The first-order valence-corrected chi connectivity index (χ1v) is 7.52. The lowest BCUT2D eigenvalue weighted by atomic mass is 10.1. The summed E-state index contributed by atoms with van der Waals surface area (Å²) in [4.78, 5) is 29.6. The first-order chi connectivity index (χ1) is 11.0. The van der Waals surface area contributed by atoms with Gasteiger partial charge in [-0.2, -0.15) is 0 Å². The van der Waals surface area contributed by atoms with Gasteiger partial charge < -0.3 is 10.2 Å². The Kier molecular flexibility index (Phi) is 5.71. The van der Waals surface area contributed by atoms with Crippen LogP contribution in [0, 0.1) is 6.92 Å². The lowest BCUT2D eigenvalue weighted by Crippen LogP contribution is -2.35. The highest BCUT2D eigenvalue weighted by atomic mass is 35.5. The second-order valence-electron chi connectivity index (χ2n) is 5.29. The number of aromatic nitrogens is 1. The molecule has 6 heteroatoms. The summed E-state index contributed by atoms with van der Waals surface area (Å²) >= 11 is 5.87. The molecule has 0 aliphatic rings. The van der Waals surface area contributed by atoms with Gasteiger partial charge >= 0.3 is 0 Å². The number of amides is 2. The van der Waals surface area contributed by atoms with E-state index in [1.165, 1.54) is 4.90 Å². The number of rotatable bonds is 5. The lowest BCUT2D eigenvalue weighted by molar-refractivity contribution is -0.132. The number of anilines is 1. The zero-order valence-corrected chi connectivity index (χ0v) is 13.8. The first kappa shape index (κ1) is 17.0. The third kappa shape index (κ3) is 5.07. The molecule has 0 spiro atoms. The van der Waals surface area contributed by atoms with Gasteiger partial charge in [-0.25, -0.2) is 0 Å². The molecule has 2 aromatic rings. The highest BCUT2D eigenvalue weighted by Gasteiger charge is 2.14. The number of nitrogens with one attached hydrogen (secondary N) is 1. The van der Waals surface area contributed by atoms with Crippen LogP contribution in [0.15, 0.2) is 42.7 Å². The van der Waals surface area contributed by atoms with Crippen LogP contribution >= 0.6 is 11.6 Å². The predicted molar refractivity (Wildman–Crippen MR) is 90.4 cm³/mol. The van der Waals surface area contributed by atoms with Gasteiger partial charge in [0.15, 0.2) is 0 Å². The standard InChI is InChI=1S/C17H18ClN3O2/c1-12-10-19-7-6-13(12)8-17(23)21(2)11-16(22)20-15-5-3-4-14(18)9-15/h3-7,9-10H,8,11H2,1-2H3,(H,20,22). The summed E-state index contributed by atoms with van der Waals surface area (Å²) in [6, 6.07) is 8.68. The van der Waals surface area contributed by atoms with Gasteiger partial charge in [-0.15, -0.1) is 0 Å². The van der Waals surface area contributed by atoms with Crippen LogP contribution in [0.2, 0.25) is 5.02 Å². The molecule has 2 rings (SSSR count). The van der Waals surface area contributed by atoms with Crippen molar-refractivity contribution in [2.75, 3.05) is 18.9 Å². The monoisotopic (exact) mass is 331 g/mol. The van der Waals surface area contributed by atoms with Gasteiger partial charge in [0.05, 0.1) is 13.0 Å². The number of likely N-dealkylation sites (N-methyl/N-ethyl adjacent to an activating group) is 1. The Bertz CT molecular complexity index is 718. The maximum Gasteiger partial charge on any atom is 0.243 e. The van der Waals surface area contributed by atoms with E-state index in [4.69, 9.17) is 11.6 Å².